The van der Waals surface area contributed by atoms with Crippen LogP contribution < -0.4 is 0 Å². The van der Waals surface area contributed by atoms with Gasteiger partial charge in [0, 0.05) is 90.2 Å². The van der Waals surface area contributed by atoms with Gasteiger partial charge in [-0.05, 0) is 63.7 Å². The molecule has 4 atom stereocenters. The van der Waals surface area contributed by atoms with Gasteiger partial charge in [0.2, 0.25) is 0 Å². The standard InChI is InChI=1S/C32H74O9Si4/c1-11-21-33-25-29-42(17-7,37-15-5)39-44(19-9,31-27-35-23-13-3)41-45(20-10,32-28-36-24-14-4)40-43(18-8,38-16-6)30-26-34-22-12-2/h11-32H2,1-10H3. The SMILES string of the molecule is CCCOCC[Si](CC)(OCC)O[Si](CC)(CCOCCC)O[Si](CC)(CCOCCC)O[Si](CC)(CCOCCC)OCC. The fraction of sp³-hybridized carbons (Fsp3) is 1.00. The Morgan fingerprint density at radius 2 is 0.556 bits per heavy atom. The normalized spacial score (nSPS) is 17.5. The van der Waals surface area contributed by atoms with Crippen molar-refractivity contribution >= 4 is 34.2 Å². The van der Waals surface area contributed by atoms with Crippen LogP contribution in [-0.4, -0.2) is 100 Å². The maximum Gasteiger partial charge on any atom is 0.331 e. The number of hydrogen-bond donors (Lipinski definition) is 0. The van der Waals surface area contributed by atoms with Crippen LogP contribution in [0.2, 0.25) is 48.4 Å². The van der Waals surface area contributed by atoms with Gasteiger partial charge in [0.1, 0.15) is 0 Å². The van der Waals surface area contributed by atoms with E-state index in [9.17, 15) is 0 Å². The highest BCUT2D eigenvalue weighted by Crippen LogP contribution is 2.37. The van der Waals surface area contributed by atoms with E-state index >= 15 is 0 Å². The summed E-state index contributed by atoms with van der Waals surface area (Å²) in [5, 5.41) is 0. The van der Waals surface area contributed by atoms with Crippen LogP contribution in [0.5, 0.6) is 0 Å². The molecule has 0 fully saturated rings. The Morgan fingerprint density at radius 1 is 0.311 bits per heavy atom. The molecule has 0 aromatic rings. The molecule has 9 nitrogen and oxygen atoms in total. The minimum Gasteiger partial charge on any atom is -0.415 e. The summed E-state index contributed by atoms with van der Waals surface area (Å²) in [4.78, 5) is 0. The maximum absolute atomic E-state index is 7.65. The first-order valence-corrected chi connectivity index (χ1v) is 27.3. The second kappa shape index (κ2) is 27.3. The van der Waals surface area contributed by atoms with E-state index in [1.54, 1.807) is 0 Å². The van der Waals surface area contributed by atoms with Crippen molar-refractivity contribution in [3.05, 3.63) is 0 Å². The van der Waals surface area contributed by atoms with E-state index in [1.165, 1.54) is 0 Å². The zero-order chi connectivity index (χ0) is 33.9. The van der Waals surface area contributed by atoms with Crippen molar-refractivity contribution in [3.63, 3.8) is 0 Å². The third-order valence-electron chi connectivity index (χ3n) is 7.99. The fourth-order valence-electron chi connectivity index (χ4n) is 5.33. The summed E-state index contributed by atoms with van der Waals surface area (Å²) in [6.07, 6.45) is 3.95. The Morgan fingerprint density at radius 3 is 0.778 bits per heavy atom. The Balaban J connectivity index is 6.80. The summed E-state index contributed by atoms with van der Waals surface area (Å²) in [6.45, 7) is 28.2. The molecule has 0 saturated carbocycles. The van der Waals surface area contributed by atoms with Gasteiger partial charge in [-0.2, -0.15) is 0 Å². The van der Waals surface area contributed by atoms with Gasteiger partial charge in [-0.15, -0.1) is 0 Å². The van der Waals surface area contributed by atoms with Crippen LogP contribution in [-0.2, 0) is 40.1 Å². The van der Waals surface area contributed by atoms with Gasteiger partial charge in [-0.25, -0.2) is 0 Å². The van der Waals surface area contributed by atoms with E-state index in [0.29, 0.717) is 39.6 Å². The number of hydrogen-bond acceptors (Lipinski definition) is 9. The molecule has 0 amide bonds. The monoisotopic (exact) mass is 714 g/mol. The van der Waals surface area contributed by atoms with Crippen molar-refractivity contribution in [2.24, 2.45) is 0 Å². The Kier molecular flexibility index (Phi) is 27.7. The lowest BCUT2D eigenvalue weighted by atomic mass is 10.5. The van der Waals surface area contributed by atoms with E-state index in [4.69, 9.17) is 40.1 Å². The molecule has 0 aromatic heterocycles. The molecule has 4 unspecified atom stereocenters. The Bertz CT molecular complexity index is 633. The lowest BCUT2D eigenvalue weighted by Gasteiger charge is -2.47. The van der Waals surface area contributed by atoms with Crippen LogP contribution in [0.15, 0.2) is 0 Å². The molecule has 0 aliphatic carbocycles. The highest BCUT2D eigenvalue weighted by molar-refractivity contribution is 6.90. The van der Waals surface area contributed by atoms with Crippen LogP contribution in [0.1, 0.15) is 94.9 Å². The largest absolute Gasteiger partial charge is 0.415 e. The Labute approximate surface area is 283 Å². The zero-order valence-electron chi connectivity index (χ0n) is 31.2. The molecule has 0 saturated heterocycles. The van der Waals surface area contributed by atoms with Gasteiger partial charge < -0.3 is 40.1 Å². The fourth-order valence-corrected chi connectivity index (χ4v) is 25.9. The van der Waals surface area contributed by atoms with Gasteiger partial charge in [0.05, 0.1) is 0 Å². The molecule has 272 valence electrons. The first-order chi connectivity index (χ1) is 21.7. The molecule has 13 heteroatoms. The van der Waals surface area contributed by atoms with Crippen molar-refractivity contribution in [3.8, 4) is 0 Å². The predicted molar refractivity (Wildman–Crippen MR) is 195 cm³/mol. The molecule has 0 aliphatic rings. The topological polar surface area (TPSA) is 83.1 Å². The van der Waals surface area contributed by atoms with Crippen LogP contribution in [0.4, 0.5) is 0 Å². The summed E-state index contributed by atoms with van der Waals surface area (Å²) in [5.74, 6) is 0. The quantitative estimate of drug-likeness (QED) is 0.0480. The van der Waals surface area contributed by atoms with Crippen molar-refractivity contribution in [1.29, 1.82) is 0 Å². The van der Waals surface area contributed by atoms with Gasteiger partial charge >= 0.3 is 34.2 Å². The van der Waals surface area contributed by atoms with Crippen LogP contribution in [0.3, 0.4) is 0 Å². The van der Waals surface area contributed by atoms with Gasteiger partial charge in [0.25, 0.3) is 0 Å². The molecule has 45 heavy (non-hydrogen) atoms. The van der Waals surface area contributed by atoms with Gasteiger partial charge in [-0.3, -0.25) is 0 Å². The molecule has 0 radical (unpaired) electrons. The molecule has 0 bridgehead atoms. The van der Waals surface area contributed by atoms with E-state index in [-0.39, 0.29) is 0 Å². The van der Waals surface area contributed by atoms with Crippen LogP contribution in [0, 0.1) is 0 Å². The predicted octanol–water partition coefficient (Wildman–Crippen LogP) is 8.66. The second-order valence-electron chi connectivity index (χ2n) is 11.7. The third kappa shape index (κ3) is 18.2. The minimum absolute atomic E-state index is 0.605. The van der Waals surface area contributed by atoms with E-state index in [0.717, 1.165) is 100 Å². The lowest BCUT2D eigenvalue weighted by molar-refractivity contribution is 0.123. The summed E-state index contributed by atoms with van der Waals surface area (Å²) in [5.41, 5.74) is 0. The highest BCUT2D eigenvalue weighted by atomic mass is 28.5. The number of ether oxygens (including phenoxy) is 4. The van der Waals surface area contributed by atoms with E-state index in [2.05, 4.69) is 69.2 Å². The molecule has 0 rings (SSSR count). The summed E-state index contributed by atoms with van der Waals surface area (Å²) in [6, 6.07) is 6.32. The summed E-state index contributed by atoms with van der Waals surface area (Å²) >= 11 is 0. The number of rotatable bonds is 34. The Hall–Kier alpha value is 0.508. The average Bonchev–Trinajstić information content (AvgIpc) is 3.05. The molecular formula is C32H74O9Si4. The van der Waals surface area contributed by atoms with Crippen molar-refractivity contribution in [2.75, 3.05) is 66.1 Å². The summed E-state index contributed by atoms with van der Waals surface area (Å²) < 4.78 is 60.0. The highest BCUT2D eigenvalue weighted by Gasteiger charge is 2.55. The zero-order valence-corrected chi connectivity index (χ0v) is 35.2. The third-order valence-corrected chi connectivity index (χ3v) is 26.7. The maximum atomic E-state index is 7.65. The molecule has 0 aliphatic heterocycles. The first-order valence-electron chi connectivity index (χ1n) is 18.4. The molecular weight excluding hydrogens is 641 g/mol. The van der Waals surface area contributed by atoms with E-state index in [1.807, 2.05) is 0 Å². The lowest BCUT2D eigenvalue weighted by Crippen LogP contribution is -2.64. The van der Waals surface area contributed by atoms with E-state index < -0.39 is 34.2 Å². The van der Waals surface area contributed by atoms with Crippen molar-refractivity contribution in [2.45, 2.75) is 143 Å². The minimum atomic E-state index is -2.91. The average molecular weight is 715 g/mol. The van der Waals surface area contributed by atoms with Crippen molar-refractivity contribution < 1.29 is 40.1 Å². The van der Waals surface area contributed by atoms with Crippen molar-refractivity contribution in [1.82, 2.24) is 0 Å². The first kappa shape index (κ1) is 45.5. The molecule has 0 spiro atoms. The summed E-state index contributed by atoms with van der Waals surface area (Å²) in [7, 11) is -11.1. The molecule has 0 heterocycles. The van der Waals surface area contributed by atoms with Crippen LogP contribution >= 0.6 is 0 Å². The van der Waals surface area contributed by atoms with Gasteiger partial charge in [0.15, 0.2) is 0 Å². The van der Waals surface area contributed by atoms with Gasteiger partial charge in [-0.1, -0.05) is 55.4 Å². The van der Waals surface area contributed by atoms with Crippen LogP contribution in [0.25, 0.3) is 0 Å². The molecule has 0 aromatic carbocycles. The smallest absolute Gasteiger partial charge is 0.331 e. The molecule has 0 N–H and O–H groups in total. The second-order valence-corrected chi connectivity index (χ2v) is 26.8.